The summed E-state index contributed by atoms with van der Waals surface area (Å²) in [5.74, 6) is -1.56. The Hall–Kier alpha value is -2.51. The number of rotatable bonds is 6. The summed E-state index contributed by atoms with van der Waals surface area (Å²) < 4.78 is 34.3. The molecule has 0 aliphatic carbocycles. The predicted molar refractivity (Wildman–Crippen MR) is 83.0 cm³/mol. The highest BCUT2D eigenvalue weighted by Gasteiger charge is 2.12. The van der Waals surface area contributed by atoms with Gasteiger partial charge in [0.15, 0.2) is 5.78 Å². The predicted octanol–water partition coefficient (Wildman–Crippen LogP) is 1.96. The molecule has 0 unspecified atom stereocenters. The van der Waals surface area contributed by atoms with Gasteiger partial charge in [0.25, 0.3) is 10.1 Å². The zero-order valence-corrected chi connectivity index (χ0v) is 12.8. The number of hydrogen-bond donors (Lipinski definition) is 1. The van der Waals surface area contributed by atoms with E-state index in [1.165, 1.54) is 24.3 Å². The van der Waals surface area contributed by atoms with Crippen LogP contribution in [0.25, 0.3) is 0 Å². The first kappa shape index (κ1) is 16.9. The Morgan fingerprint density at radius 1 is 0.870 bits per heavy atom. The lowest BCUT2D eigenvalue weighted by Gasteiger charge is -2.05. The summed E-state index contributed by atoms with van der Waals surface area (Å²) in [5.41, 5.74) is 1.15. The van der Waals surface area contributed by atoms with Crippen LogP contribution in [0, 0.1) is 0 Å². The second-order valence-electron chi connectivity index (χ2n) is 4.69. The van der Waals surface area contributed by atoms with Crippen molar-refractivity contribution in [3.05, 3.63) is 71.3 Å². The van der Waals surface area contributed by atoms with Gasteiger partial charge in [-0.25, -0.2) is 4.79 Å². The molecule has 7 heteroatoms. The number of benzene rings is 2. The molecule has 0 fully saturated rings. The van der Waals surface area contributed by atoms with Crippen molar-refractivity contribution in [2.24, 2.45) is 0 Å². The van der Waals surface area contributed by atoms with Crippen molar-refractivity contribution in [1.82, 2.24) is 0 Å². The molecule has 0 saturated heterocycles. The molecule has 2 aromatic carbocycles. The maximum absolute atomic E-state index is 12.2. The van der Waals surface area contributed by atoms with E-state index in [0.717, 1.165) is 0 Å². The highest BCUT2D eigenvalue weighted by Crippen LogP contribution is 2.11. The van der Waals surface area contributed by atoms with Crippen LogP contribution in [-0.4, -0.2) is 37.1 Å². The normalized spacial score (nSPS) is 11.0. The van der Waals surface area contributed by atoms with Gasteiger partial charge in [0, 0.05) is 11.1 Å². The Bertz CT molecular complexity index is 794. The van der Waals surface area contributed by atoms with Crippen LogP contribution in [0.2, 0.25) is 0 Å². The number of carbonyl (C=O) groups excluding carboxylic acids is 2. The molecule has 2 rings (SSSR count). The van der Waals surface area contributed by atoms with Gasteiger partial charge in [0.2, 0.25) is 0 Å². The summed E-state index contributed by atoms with van der Waals surface area (Å²) in [6.45, 7) is -0.442. The third-order valence-corrected chi connectivity index (χ3v) is 3.68. The van der Waals surface area contributed by atoms with Crippen molar-refractivity contribution in [3.8, 4) is 0 Å². The fourth-order valence-electron chi connectivity index (χ4n) is 1.84. The van der Waals surface area contributed by atoms with E-state index in [9.17, 15) is 18.0 Å². The molecule has 0 spiro atoms. The minimum Gasteiger partial charge on any atom is -0.461 e. The molecule has 0 amide bonds. The number of ether oxygens (including phenoxy) is 1. The fraction of sp³-hybridized carbons (Fsp3) is 0.125. The summed E-state index contributed by atoms with van der Waals surface area (Å²) in [5, 5.41) is 0. The summed E-state index contributed by atoms with van der Waals surface area (Å²) in [6, 6.07) is 14.5. The average molecular weight is 334 g/mol. The van der Waals surface area contributed by atoms with E-state index in [-0.39, 0.29) is 11.3 Å². The molecular formula is C16H14O6S. The van der Waals surface area contributed by atoms with Crippen LogP contribution < -0.4 is 0 Å². The molecule has 0 aromatic heterocycles. The van der Waals surface area contributed by atoms with E-state index in [0.29, 0.717) is 11.1 Å². The number of ketones is 1. The lowest BCUT2D eigenvalue weighted by atomic mass is 10.0. The molecule has 1 N–H and O–H groups in total. The van der Waals surface area contributed by atoms with E-state index in [2.05, 4.69) is 0 Å². The first-order chi connectivity index (χ1) is 10.9. The number of carbonyl (C=O) groups is 2. The van der Waals surface area contributed by atoms with Crippen molar-refractivity contribution in [2.75, 3.05) is 12.4 Å². The van der Waals surface area contributed by atoms with E-state index in [4.69, 9.17) is 9.29 Å². The largest absolute Gasteiger partial charge is 0.461 e. The standard InChI is InChI=1S/C16H14O6S/c17-15(12-4-2-1-3-5-12)13-6-8-14(9-7-13)16(18)22-10-11-23(19,20)21/h1-9H,10-11H2,(H,19,20,21). The van der Waals surface area contributed by atoms with Crippen molar-refractivity contribution < 1.29 is 27.3 Å². The summed E-state index contributed by atoms with van der Waals surface area (Å²) >= 11 is 0. The first-order valence-electron chi connectivity index (χ1n) is 6.69. The molecule has 0 atom stereocenters. The van der Waals surface area contributed by atoms with Gasteiger partial charge < -0.3 is 4.74 Å². The van der Waals surface area contributed by atoms with E-state index in [1.54, 1.807) is 24.3 Å². The van der Waals surface area contributed by atoms with Crippen molar-refractivity contribution in [1.29, 1.82) is 0 Å². The maximum Gasteiger partial charge on any atom is 0.338 e. The van der Waals surface area contributed by atoms with Crippen molar-refractivity contribution in [2.45, 2.75) is 0 Å². The molecule has 0 bridgehead atoms. The molecule has 6 nitrogen and oxygen atoms in total. The molecule has 2 aromatic rings. The lowest BCUT2D eigenvalue weighted by molar-refractivity contribution is 0.0528. The zero-order valence-electron chi connectivity index (χ0n) is 12.0. The van der Waals surface area contributed by atoms with Crippen LogP contribution in [0.3, 0.4) is 0 Å². The van der Waals surface area contributed by atoms with Gasteiger partial charge >= 0.3 is 5.97 Å². The van der Waals surface area contributed by atoms with Crippen LogP contribution in [0.15, 0.2) is 54.6 Å². The molecule has 0 saturated carbocycles. The monoisotopic (exact) mass is 334 g/mol. The highest BCUT2D eigenvalue weighted by molar-refractivity contribution is 7.85. The quantitative estimate of drug-likeness (QED) is 0.493. The van der Waals surface area contributed by atoms with Crippen LogP contribution in [-0.2, 0) is 14.9 Å². The summed E-state index contributed by atoms with van der Waals surface area (Å²) in [6.07, 6.45) is 0. The molecule has 0 aliphatic rings. The Balaban J connectivity index is 2.02. The fourth-order valence-corrected chi connectivity index (χ4v) is 2.13. The lowest BCUT2D eigenvalue weighted by Crippen LogP contribution is -2.14. The molecule has 0 heterocycles. The molecule has 120 valence electrons. The molecule has 23 heavy (non-hydrogen) atoms. The maximum atomic E-state index is 12.2. The zero-order chi connectivity index (χ0) is 16.9. The van der Waals surface area contributed by atoms with Gasteiger partial charge in [-0.2, -0.15) is 8.42 Å². The van der Waals surface area contributed by atoms with Crippen molar-refractivity contribution >= 4 is 21.9 Å². The third kappa shape index (κ3) is 5.01. The van der Waals surface area contributed by atoms with Crippen LogP contribution in [0.5, 0.6) is 0 Å². The second kappa shape index (κ2) is 7.17. The van der Waals surface area contributed by atoms with Gasteiger partial charge in [-0.3, -0.25) is 9.35 Å². The summed E-state index contributed by atoms with van der Waals surface area (Å²) in [7, 11) is -4.17. The first-order valence-corrected chi connectivity index (χ1v) is 8.30. The summed E-state index contributed by atoms with van der Waals surface area (Å²) in [4.78, 5) is 23.9. The minimum absolute atomic E-state index is 0.170. The molecule has 0 radical (unpaired) electrons. The van der Waals surface area contributed by atoms with Crippen LogP contribution >= 0.6 is 0 Å². The Kier molecular flexibility index (Phi) is 5.25. The SMILES string of the molecule is O=C(OCCS(=O)(=O)O)c1ccc(C(=O)c2ccccc2)cc1. The van der Waals surface area contributed by atoms with Gasteiger partial charge in [-0.1, -0.05) is 42.5 Å². The average Bonchev–Trinajstić information content (AvgIpc) is 2.54. The minimum atomic E-state index is -4.17. The highest BCUT2D eigenvalue weighted by atomic mass is 32.2. The molecular weight excluding hydrogens is 320 g/mol. The van der Waals surface area contributed by atoms with E-state index >= 15 is 0 Å². The Morgan fingerprint density at radius 3 is 1.96 bits per heavy atom. The smallest absolute Gasteiger partial charge is 0.338 e. The van der Waals surface area contributed by atoms with Gasteiger partial charge in [0.1, 0.15) is 12.4 Å². The Morgan fingerprint density at radius 2 is 1.39 bits per heavy atom. The van der Waals surface area contributed by atoms with Gasteiger partial charge in [-0.15, -0.1) is 0 Å². The van der Waals surface area contributed by atoms with Crippen molar-refractivity contribution in [3.63, 3.8) is 0 Å². The van der Waals surface area contributed by atoms with E-state index in [1.807, 2.05) is 6.07 Å². The number of hydrogen-bond acceptors (Lipinski definition) is 5. The second-order valence-corrected chi connectivity index (χ2v) is 6.27. The number of esters is 1. The van der Waals surface area contributed by atoms with Crippen LogP contribution in [0.4, 0.5) is 0 Å². The third-order valence-electron chi connectivity index (χ3n) is 2.99. The topological polar surface area (TPSA) is 97.7 Å². The van der Waals surface area contributed by atoms with Gasteiger partial charge in [0.05, 0.1) is 5.56 Å². The molecule has 0 aliphatic heterocycles. The Labute approximate surface area is 133 Å². The van der Waals surface area contributed by atoms with Crippen LogP contribution in [0.1, 0.15) is 26.3 Å². The van der Waals surface area contributed by atoms with Gasteiger partial charge in [-0.05, 0) is 12.1 Å². The van der Waals surface area contributed by atoms with E-state index < -0.39 is 28.4 Å².